The van der Waals surface area contributed by atoms with Gasteiger partial charge in [-0.05, 0) is 0 Å². The zero-order valence-electron chi connectivity index (χ0n) is 11.0. The molecule has 0 aliphatic carbocycles. The zero-order valence-corrected chi connectivity index (χ0v) is 11.0. The maximum atomic E-state index is 11.1. The standard InChI is InChI=1S/C12H18N4O4.Na.H/c17-8-9(18)7-15-3-5-16(6-4-15)11-10(12(19)20)13-1-2-14-11;;/h1-2,9,17-18H,3-8H2,(H,19,20);;. The number of aromatic carboxylic acids is 1. The Kier molecular flexibility index (Phi) is 7.50. The molecule has 0 radical (unpaired) electrons. The summed E-state index contributed by atoms with van der Waals surface area (Å²) < 4.78 is 0. The van der Waals surface area contributed by atoms with Crippen LogP contribution in [0.1, 0.15) is 10.5 Å². The summed E-state index contributed by atoms with van der Waals surface area (Å²) in [6.45, 7) is 2.72. The molecule has 21 heavy (non-hydrogen) atoms. The van der Waals surface area contributed by atoms with Gasteiger partial charge in [0.1, 0.15) is 0 Å². The van der Waals surface area contributed by atoms with Gasteiger partial charge >= 0.3 is 35.5 Å². The molecule has 1 aliphatic rings. The Bertz CT molecular complexity index is 468. The fourth-order valence-electron chi connectivity index (χ4n) is 2.21. The molecule has 0 aromatic carbocycles. The number of nitrogens with zero attached hydrogens (tertiary/aromatic N) is 4. The van der Waals surface area contributed by atoms with Gasteiger partial charge in [-0.15, -0.1) is 0 Å². The Labute approximate surface area is 144 Å². The normalized spacial score (nSPS) is 17.1. The topological polar surface area (TPSA) is 110 Å². The Morgan fingerprint density at radius 1 is 1.24 bits per heavy atom. The second kappa shape index (κ2) is 8.62. The van der Waals surface area contributed by atoms with E-state index >= 15 is 0 Å². The number of piperazine rings is 1. The van der Waals surface area contributed by atoms with Gasteiger partial charge < -0.3 is 20.2 Å². The van der Waals surface area contributed by atoms with Crippen molar-refractivity contribution >= 4 is 41.3 Å². The van der Waals surface area contributed by atoms with Crippen LogP contribution in [0.5, 0.6) is 0 Å². The van der Waals surface area contributed by atoms with Gasteiger partial charge in [0.25, 0.3) is 0 Å². The summed E-state index contributed by atoms with van der Waals surface area (Å²) in [6.07, 6.45) is 2.09. The van der Waals surface area contributed by atoms with Crippen LogP contribution in [0.3, 0.4) is 0 Å². The second-order valence-corrected chi connectivity index (χ2v) is 4.66. The first-order valence-corrected chi connectivity index (χ1v) is 6.42. The first-order chi connectivity index (χ1) is 9.61. The average molecular weight is 306 g/mol. The Morgan fingerprint density at radius 3 is 2.43 bits per heavy atom. The summed E-state index contributed by atoms with van der Waals surface area (Å²) in [5.41, 5.74) is -0.0451. The molecule has 1 aromatic rings. The predicted molar refractivity (Wildman–Crippen MR) is 77.9 cm³/mol. The quantitative estimate of drug-likeness (QED) is 0.536. The van der Waals surface area contributed by atoms with Crippen molar-refractivity contribution in [3.8, 4) is 0 Å². The van der Waals surface area contributed by atoms with Crippen LogP contribution < -0.4 is 4.90 Å². The van der Waals surface area contributed by atoms with E-state index in [1.807, 2.05) is 9.80 Å². The minimum atomic E-state index is -1.09. The van der Waals surface area contributed by atoms with Crippen LogP contribution in [0, 0.1) is 0 Å². The molecule has 2 rings (SSSR count). The number of aliphatic hydroxyl groups excluding tert-OH is 2. The number of carbonyl (C=O) groups is 1. The first-order valence-electron chi connectivity index (χ1n) is 6.42. The van der Waals surface area contributed by atoms with Crippen molar-refractivity contribution in [3.05, 3.63) is 18.1 Å². The molecule has 1 saturated heterocycles. The van der Waals surface area contributed by atoms with Crippen molar-refractivity contribution in [3.63, 3.8) is 0 Å². The summed E-state index contributed by atoms with van der Waals surface area (Å²) in [5, 5.41) is 27.3. The van der Waals surface area contributed by atoms with Crippen molar-refractivity contribution in [1.29, 1.82) is 0 Å². The molecule has 2 heterocycles. The van der Waals surface area contributed by atoms with E-state index in [2.05, 4.69) is 9.97 Å². The molecular weight excluding hydrogens is 287 g/mol. The zero-order chi connectivity index (χ0) is 14.5. The predicted octanol–water partition coefficient (Wildman–Crippen LogP) is -2.00. The van der Waals surface area contributed by atoms with Crippen molar-refractivity contribution in [1.82, 2.24) is 14.9 Å². The molecule has 1 atom stereocenters. The van der Waals surface area contributed by atoms with Gasteiger partial charge in [0.15, 0.2) is 11.5 Å². The number of hydrogen-bond acceptors (Lipinski definition) is 7. The SMILES string of the molecule is O=C(O)c1nccnc1N1CCN(CC(O)CO)CC1.[NaH]. The summed E-state index contributed by atoms with van der Waals surface area (Å²) >= 11 is 0. The van der Waals surface area contributed by atoms with Gasteiger partial charge in [-0.25, -0.2) is 14.8 Å². The molecule has 0 amide bonds. The number of anilines is 1. The molecule has 8 nitrogen and oxygen atoms in total. The molecule has 3 N–H and O–H groups in total. The molecule has 1 fully saturated rings. The third-order valence-corrected chi connectivity index (χ3v) is 3.23. The van der Waals surface area contributed by atoms with E-state index in [1.165, 1.54) is 12.4 Å². The third-order valence-electron chi connectivity index (χ3n) is 3.23. The summed E-state index contributed by atoms with van der Waals surface area (Å²) in [5.74, 6) is -0.714. The molecule has 9 heteroatoms. The van der Waals surface area contributed by atoms with Gasteiger partial charge in [0.05, 0.1) is 12.7 Å². The number of hydrogen-bond donors (Lipinski definition) is 3. The molecule has 112 valence electrons. The van der Waals surface area contributed by atoms with Crippen LogP contribution in [0.4, 0.5) is 5.82 Å². The average Bonchev–Trinajstić information content (AvgIpc) is 2.48. The van der Waals surface area contributed by atoms with Crippen molar-refractivity contribution < 1.29 is 20.1 Å². The van der Waals surface area contributed by atoms with Crippen LogP contribution >= 0.6 is 0 Å². The van der Waals surface area contributed by atoms with Gasteiger partial charge in [-0.1, -0.05) is 0 Å². The van der Waals surface area contributed by atoms with Gasteiger partial charge in [0.2, 0.25) is 0 Å². The van der Waals surface area contributed by atoms with Crippen molar-refractivity contribution in [2.45, 2.75) is 6.10 Å². The van der Waals surface area contributed by atoms with Gasteiger partial charge in [-0.2, -0.15) is 0 Å². The number of rotatable bonds is 5. The molecule has 0 saturated carbocycles. The number of aliphatic hydroxyl groups is 2. The van der Waals surface area contributed by atoms with E-state index in [-0.39, 0.29) is 41.9 Å². The molecular formula is C12H19N4NaO4. The van der Waals surface area contributed by atoms with Crippen LogP contribution in [0.25, 0.3) is 0 Å². The van der Waals surface area contributed by atoms with E-state index < -0.39 is 12.1 Å². The summed E-state index contributed by atoms with van der Waals surface area (Å²) in [6, 6.07) is 0. The fourth-order valence-corrected chi connectivity index (χ4v) is 2.21. The second-order valence-electron chi connectivity index (χ2n) is 4.66. The molecule has 1 aliphatic heterocycles. The van der Waals surface area contributed by atoms with Crippen LogP contribution in [0.2, 0.25) is 0 Å². The van der Waals surface area contributed by atoms with Crippen LogP contribution in [-0.2, 0) is 0 Å². The van der Waals surface area contributed by atoms with Gasteiger partial charge in [-0.3, -0.25) is 4.90 Å². The molecule has 1 unspecified atom stereocenters. The van der Waals surface area contributed by atoms with Crippen molar-refractivity contribution in [2.24, 2.45) is 0 Å². The number of aromatic nitrogens is 2. The van der Waals surface area contributed by atoms with Crippen LogP contribution in [-0.4, -0.2) is 111 Å². The summed E-state index contributed by atoms with van der Waals surface area (Å²) in [7, 11) is 0. The van der Waals surface area contributed by atoms with E-state index in [9.17, 15) is 9.90 Å². The molecule has 1 aromatic heterocycles. The Morgan fingerprint density at radius 2 is 1.86 bits per heavy atom. The number of carboxylic acids is 1. The fraction of sp³-hybridized carbons (Fsp3) is 0.583. The monoisotopic (exact) mass is 306 g/mol. The first kappa shape index (κ1) is 18.3. The summed E-state index contributed by atoms with van der Waals surface area (Å²) in [4.78, 5) is 23.0. The molecule has 0 spiro atoms. The van der Waals surface area contributed by atoms with E-state index in [0.717, 1.165) is 0 Å². The Hall–Kier alpha value is -0.770. The van der Waals surface area contributed by atoms with Crippen molar-refractivity contribution in [2.75, 3.05) is 44.2 Å². The van der Waals surface area contributed by atoms with E-state index in [4.69, 9.17) is 10.2 Å². The third kappa shape index (κ3) is 4.87. The minimum absolute atomic E-state index is 0. The van der Waals surface area contributed by atoms with Crippen LogP contribution in [0.15, 0.2) is 12.4 Å². The number of carboxylic acid groups (broad SMARTS) is 1. The maximum absolute atomic E-state index is 11.1. The van der Waals surface area contributed by atoms with E-state index in [1.54, 1.807) is 0 Å². The number of β-amino-alcohol motifs (C(OH)–C–C–N with tert-alkyl or cyclic N) is 1. The van der Waals surface area contributed by atoms with Gasteiger partial charge in [0, 0.05) is 45.1 Å². The molecule has 0 bridgehead atoms. The van der Waals surface area contributed by atoms with E-state index in [0.29, 0.717) is 38.5 Å². The Balaban J connectivity index is 0.00000220.